The number of likely N-dealkylation sites (tertiary alicyclic amines) is 1. The highest BCUT2D eigenvalue weighted by atomic mass is 35.5. The molecule has 0 N–H and O–H groups in total. The summed E-state index contributed by atoms with van der Waals surface area (Å²) in [6.07, 6.45) is 1.35. The fraction of sp³-hybridized carbons (Fsp3) is 0.667. The number of hydrogen-bond donors (Lipinski definition) is 0. The summed E-state index contributed by atoms with van der Waals surface area (Å²) in [5.74, 6) is 0.824. The molecule has 0 bridgehead atoms. The molecule has 1 aromatic heterocycles. The molecule has 128 valence electrons. The van der Waals surface area contributed by atoms with Crippen LogP contribution in [0.15, 0.2) is 17.2 Å². The quantitative estimate of drug-likeness (QED) is 0.829. The van der Waals surface area contributed by atoms with Gasteiger partial charge < -0.3 is 9.64 Å². The van der Waals surface area contributed by atoms with Crippen LogP contribution in [-0.4, -0.2) is 49.8 Å². The Morgan fingerprint density at radius 2 is 2.00 bits per heavy atom. The van der Waals surface area contributed by atoms with Crippen LogP contribution in [0.5, 0.6) is 0 Å². The minimum atomic E-state index is -1.19. The first kappa shape index (κ1) is 18.1. The van der Waals surface area contributed by atoms with Crippen LogP contribution >= 0.6 is 11.6 Å². The molecule has 0 radical (unpaired) electrons. The topological polar surface area (TPSA) is 72.4 Å². The zero-order chi connectivity index (χ0) is 17.0. The summed E-state index contributed by atoms with van der Waals surface area (Å²) in [6.45, 7) is 6.82. The second-order valence-corrected chi connectivity index (χ2v) is 8.45. The van der Waals surface area contributed by atoms with Crippen molar-refractivity contribution in [1.29, 1.82) is 0 Å². The van der Waals surface area contributed by atoms with Crippen molar-refractivity contribution in [3.8, 4) is 0 Å². The van der Waals surface area contributed by atoms with Crippen molar-refractivity contribution in [2.45, 2.75) is 44.2 Å². The van der Waals surface area contributed by atoms with Crippen molar-refractivity contribution in [3.05, 3.63) is 17.3 Å². The highest BCUT2D eigenvalue weighted by molar-refractivity contribution is 7.84. The lowest BCUT2D eigenvalue weighted by atomic mass is 9.99. The third kappa shape index (κ3) is 5.73. The van der Waals surface area contributed by atoms with Gasteiger partial charge in [0.15, 0.2) is 5.15 Å². The molecule has 2 rings (SSSR count). The first-order chi connectivity index (χ1) is 10.7. The molecule has 2 heterocycles. The fourth-order valence-electron chi connectivity index (χ4n) is 2.33. The summed E-state index contributed by atoms with van der Waals surface area (Å²) >= 11 is 5.68. The molecule has 23 heavy (non-hydrogen) atoms. The number of hydrogen-bond acceptors (Lipinski definition) is 5. The lowest BCUT2D eigenvalue weighted by molar-refractivity contribution is 0.0191. The molecule has 1 atom stereocenters. The summed E-state index contributed by atoms with van der Waals surface area (Å²) in [5, 5.41) is 8.31. The second-order valence-electron chi connectivity index (χ2n) is 6.62. The maximum atomic E-state index is 12.3. The Labute approximate surface area is 144 Å². The average Bonchev–Trinajstić information content (AvgIpc) is 2.46. The molecule has 1 fully saturated rings. The summed E-state index contributed by atoms with van der Waals surface area (Å²) in [4.78, 5) is 13.7. The standard InChI is InChI=1S/C15H22ClN3O3S/c1-15(2,3)22-14(20)19-8-6-11(7-9-19)10-23(21)13-5-4-12(16)17-18-13/h4-5,11H,6-10H2,1-3H3. The Hall–Kier alpha value is -1.21. The number of ether oxygens (including phenoxy) is 1. The van der Waals surface area contributed by atoms with Gasteiger partial charge in [0.25, 0.3) is 0 Å². The van der Waals surface area contributed by atoms with E-state index in [4.69, 9.17) is 16.3 Å². The lowest BCUT2D eigenvalue weighted by Crippen LogP contribution is -2.42. The summed E-state index contributed by atoms with van der Waals surface area (Å²) < 4.78 is 17.7. The molecular weight excluding hydrogens is 338 g/mol. The molecule has 0 saturated carbocycles. The maximum Gasteiger partial charge on any atom is 0.410 e. The number of halogens is 1. The minimum absolute atomic E-state index is 0.277. The van der Waals surface area contributed by atoms with Gasteiger partial charge in [-0.05, 0) is 51.7 Å². The summed E-state index contributed by atoms with van der Waals surface area (Å²) in [7, 11) is -1.19. The van der Waals surface area contributed by atoms with Gasteiger partial charge in [-0.3, -0.25) is 4.21 Å². The number of piperidine rings is 1. The molecule has 0 aromatic carbocycles. The zero-order valence-electron chi connectivity index (χ0n) is 13.6. The van der Waals surface area contributed by atoms with E-state index in [0.29, 0.717) is 29.8 Å². The SMILES string of the molecule is CC(C)(C)OC(=O)N1CCC(CS(=O)c2ccc(Cl)nn2)CC1. The van der Waals surface area contributed by atoms with Crippen molar-refractivity contribution in [3.63, 3.8) is 0 Å². The van der Waals surface area contributed by atoms with Crippen molar-refractivity contribution in [2.75, 3.05) is 18.8 Å². The van der Waals surface area contributed by atoms with Crippen LogP contribution in [0.1, 0.15) is 33.6 Å². The smallest absolute Gasteiger partial charge is 0.410 e. The predicted molar refractivity (Wildman–Crippen MR) is 88.8 cm³/mol. The molecule has 1 amide bonds. The van der Waals surface area contributed by atoms with Crippen LogP contribution in [0.3, 0.4) is 0 Å². The second kappa shape index (κ2) is 7.57. The van der Waals surface area contributed by atoms with Gasteiger partial charge in [-0.2, -0.15) is 0 Å². The lowest BCUT2D eigenvalue weighted by Gasteiger charge is -2.33. The van der Waals surface area contributed by atoms with Crippen molar-refractivity contribution in [1.82, 2.24) is 15.1 Å². The number of aromatic nitrogens is 2. The number of carbonyl (C=O) groups is 1. The number of amides is 1. The molecule has 1 aliphatic rings. The average molecular weight is 360 g/mol. The molecule has 1 aliphatic heterocycles. The van der Waals surface area contributed by atoms with Crippen LogP contribution < -0.4 is 0 Å². The van der Waals surface area contributed by atoms with Gasteiger partial charge in [-0.1, -0.05) is 11.6 Å². The van der Waals surface area contributed by atoms with E-state index in [0.717, 1.165) is 12.8 Å². The van der Waals surface area contributed by atoms with Crippen LogP contribution in [0.4, 0.5) is 4.79 Å². The van der Waals surface area contributed by atoms with E-state index in [9.17, 15) is 9.00 Å². The first-order valence-corrected chi connectivity index (χ1v) is 9.30. The van der Waals surface area contributed by atoms with Gasteiger partial charge in [0.2, 0.25) is 0 Å². The van der Waals surface area contributed by atoms with Crippen LogP contribution in [-0.2, 0) is 15.5 Å². The van der Waals surface area contributed by atoms with Gasteiger partial charge in [-0.15, -0.1) is 10.2 Å². The molecule has 8 heteroatoms. The van der Waals surface area contributed by atoms with E-state index in [-0.39, 0.29) is 11.2 Å². The molecule has 6 nitrogen and oxygen atoms in total. The third-order valence-electron chi connectivity index (χ3n) is 3.49. The summed E-state index contributed by atoms with van der Waals surface area (Å²) in [5.41, 5.74) is -0.483. The molecule has 1 saturated heterocycles. The van der Waals surface area contributed by atoms with Crippen molar-refractivity contribution >= 4 is 28.5 Å². The van der Waals surface area contributed by atoms with Gasteiger partial charge in [-0.25, -0.2) is 4.79 Å². The van der Waals surface area contributed by atoms with E-state index < -0.39 is 16.4 Å². The van der Waals surface area contributed by atoms with Crippen LogP contribution in [0, 0.1) is 5.92 Å². The normalized spacial score (nSPS) is 17.8. The Bertz CT molecular complexity index is 566. The van der Waals surface area contributed by atoms with E-state index >= 15 is 0 Å². The van der Waals surface area contributed by atoms with E-state index in [1.165, 1.54) is 0 Å². The van der Waals surface area contributed by atoms with Gasteiger partial charge in [0, 0.05) is 18.8 Å². The Balaban J connectivity index is 1.81. The summed E-state index contributed by atoms with van der Waals surface area (Å²) in [6, 6.07) is 3.23. The zero-order valence-corrected chi connectivity index (χ0v) is 15.2. The Kier molecular flexibility index (Phi) is 5.97. The van der Waals surface area contributed by atoms with Crippen LogP contribution in [0.25, 0.3) is 0 Å². The monoisotopic (exact) mass is 359 g/mol. The van der Waals surface area contributed by atoms with Crippen LogP contribution in [0.2, 0.25) is 5.15 Å². The molecule has 0 spiro atoms. The van der Waals surface area contributed by atoms with Gasteiger partial charge in [0.05, 0.1) is 10.8 Å². The fourth-order valence-corrected chi connectivity index (χ4v) is 3.72. The van der Waals surface area contributed by atoms with E-state index in [1.807, 2.05) is 20.8 Å². The van der Waals surface area contributed by atoms with Crippen molar-refractivity contribution < 1.29 is 13.7 Å². The predicted octanol–water partition coefficient (Wildman–Crippen LogP) is 2.88. The molecule has 1 aromatic rings. The maximum absolute atomic E-state index is 12.3. The highest BCUT2D eigenvalue weighted by Crippen LogP contribution is 2.22. The van der Waals surface area contributed by atoms with Gasteiger partial charge in [0.1, 0.15) is 10.6 Å². The van der Waals surface area contributed by atoms with Gasteiger partial charge >= 0.3 is 6.09 Å². The Morgan fingerprint density at radius 3 is 2.52 bits per heavy atom. The number of nitrogens with zero attached hydrogens (tertiary/aromatic N) is 3. The highest BCUT2D eigenvalue weighted by Gasteiger charge is 2.27. The molecular formula is C15H22ClN3O3S. The van der Waals surface area contributed by atoms with E-state index in [1.54, 1.807) is 17.0 Å². The number of rotatable bonds is 3. The minimum Gasteiger partial charge on any atom is -0.444 e. The first-order valence-electron chi connectivity index (χ1n) is 7.60. The largest absolute Gasteiger partial charge is 0.444 e. The Morgan fingerprint density at radius 1 is 1.35 bits per heavy atom. The van der Waals surface area contributed by atoms with E-state index in [2.05, 4.69) is 10.2 Å². The van der Waals surface area contributed by atoms with Crippen molar-refractivity contribution in [2.24, 2.45) is 5.92 Å². The third-order valence-corrected chi connectivity index (χ3v) is 5.15. The molecule has 1 unspecified atom stereocenters. The number of carbonyl (C=O) groups excluding carboxylic acids is 1. The molecule has 0 aliphatic carbocycles.